The van der Waals surface area contributed by atoms with Gasteiger partial charge in [-0.3, -0.25) is 4.79 Å². The van der Waals surface area contributed by atoms with Crippen molar-refractivity contribution in [1.82, 2.24) is 20.0 Å². The van der Waals surface area contributed by atoms with E-state index in [9.17, 15) is 4.79 Å². The van der Waals surface area contributed by atoms with Gasteiger partial charge >= 0.3 is 0 Å². The fourth-order valence-electron chi connectivity index (χ4n) is 3.01. The second-order valence-corrected chi connectivity index (χ2v) is 6.04. The number of anilines is 1. The Morgan fingerprint density at radius 2 is 2.08 bits per heavy atom. The Bertz CT molecular complexity index is 754. The van der Waals surface area contributed by atoms with Crippen molar-refractivity contribution in [2.75, 3.05) is 37.7 Å². The monoisotopic (exact) mass is 329 g/mol. The van der Waals surface area contributed by atoms with Crippen LogP contribution in [-0.4, -0.2) is 58.8 Å². The molecule has 1 fully saturated rings. The number of nitrogens with zero attached hydrogens (tertiary/aromatic N) is 5. The maximum absolute atomic E-state index is 12.5. The van der Waals surface area contributed by atoms with Crippen LogP contribution in [0.5, 0.6) is 0 Å². The number of amides is 1. The lowest BCUT2D eigenvalue weighted by Crippen LogP contribution is -2.39. The van der Waals surface area contributed by atoms with Crippen molar-refractivity contribution in [3.63, 3.8) is 0 Å². The average Bonchev–Trinajstić information content (AvgIpc) is 3.07. The van der Waals surface area contributed by atoms with E-state index in [1.807, 2.05) is 6.20 Å². The molecule has 0 bridgehead atoms. The fourth-order valence-corrected chi connectivity index (χ4v) is 3.01. The summed E-state index contributed by atoms with van der Waals surface area (Å²) >= 11 is 0. The Morgan fingerprint density at radius 1 is 1.25 bits per heavy atom. The largest absolute Gasteiger partial charge is 0.378 e. The number of ether oxygens (including phenoxy) is 1. The van der Waals surface area contributed by atoms with E-state index in [2.05, 4.69) is 20.0 Å². The smallest absolute Gasteiger partial charge is 0.276 e. The molecule has 0 aromatic carbocycles. The van der Waals surface area contributed by atoms with E-state index in [1.165, 1.54) is 0 Å². The van der Waals surface area contributed by atoms with Crippen molar-refractivity contribution < 1.29 is 14.1 Å². The number of hydrogen-bond acceptors (Lipinski definition) is 7. The van der Waals surface area contributed by atoms with Crippen LogP contribution in [0.4, 0.5) is 5.95 Å². The van der Waals surface area contributed by atoms with Crippen LogP contribution in [-0.2, 0) is 17.7 Å². The molecular weight excluding hydrogens is 310 g/mol. The van der Waals surface area contributed by atoms with Crippen molar-refractivity contribution in [2.24, 2.45) is 0 Å². The van der Waals surface area contributed by atoms with Crippen LogP contribution in [0.15, 0.2) is 16.8 Å². The molecule has 0 atom stereocenters. The number of rotatable bonds is 2. The van der Waals surface area contributed by atoms with Crippen molar-refractivity contribution >= 4 is 11.9 Å². The van der Waals surface area contributed by atoms with Gasteiger partial charge in [-0.2, -0.15) is 0 Å². The first-order chi connectivity index (χ1) is 11.7. The number of morpholine rings is 1. The molecule has 2 aliphatic rings. The zero-order chi connectivity index (χ0) is 16.5. The van der Waals surface area contributed by atoms with Crippen molar-refractivity contribution in [1.29, 1.82) is 0 Å². The van der Waals surface area contributed by atoms with Crippen LogP contribution >= 0.6 is 0 Å². The average molecular weight is 329 g/mol. The topological polar surface area (TPSA) is 84.6 Å². The Balaban J connectivity index is 1.53. The van der Waals surface area contributed by atoms with Gasteiger partial charge in [0.05, 0.1) is 25.5 Å². The van der Waals surface area contributed by atoms with Gasteiger partial charge in [0.1, 0.15) is 5.76 Å². The lowest BCUT2D eigenvalue weighted by molar-refractivity contribution is 0.0721. The highest BCUT2D eigenvalue weighted by molar-refractivity contribution is 5.92. The third-order valence-electron chi connectivity index (χ3n) is 4.36. The van der Waals surface area contributed by atoms with E-state index in [0.29, 0.717) is 43.7 Å². The molecule has 2 aromatic rings. The number of hydrogen-bond donors (Lipinski definition) is 0. The summed E-state index contributed by atoms with van der Waals surface area (Å²) in [6, 6.07) is 1.66. The van der Waals surface area contributed by atoms with Gasteiger partial charge in [0.2, 0.25) is 5.95 Å². The summed E-state index contributed by atoms with van der Waals surface area (Å²) in [5.74, 6) is 1.22. The minimum Gasteiger partial charge on any atom is -0.378 e. The molecule has 0 spiro atoms. The van der Waals surface area contributed by atoms with Crippen LogP contribution in [0.1, 0.15) is 27.5 Å². The van der Waals surface area contributed by atoms with E-state index in [-0.39, 0.29) is 5.91 Å². The quantitative estimate of drug-likeness (QED) is 0.806. The lowest BCUT2D eigenvalue weighted by Gasteiger charge is -2.30. The van der Waals surface area contributed by atoms with Gasteiger partial charge in [0.15, 0.2) is 5.69 Å². The number of fused-ring (bicyclic) bond motifs is 1. The van der Waals surface area contributed by atoms with Gasteiger partial charge in [-0.25, -0.2) is 9.97 Å². The van der Waals surface area contributed by atoms with Crippen molar-refractivity contribution in [3.8, 4) is 0 Å². The molecule has 8 nitrogen and oxygen atoms in total. The first-order valence-corrected chi connectivity index (χ1v) is 8.11. The summed E-state index contributed by atoms with van der Waals surface area (Å²) in [5.41, 5.74) is 2.36. The first kappa shape index (κ1) is 15.1. The fraction of sp³-hybridized carbons (Fsp3) is 0.500. The first-order valence-electron chi connectivity index (χ1n) is 8.11. The molecule has 2 aromatic heterocycles. The lowest BCUT2D eigenvalue weighted by atomic mass is 10.1. The molecule has 4 rings (SSSR count). The summed E-state index contributed by atoms with van der Waals surface area (Å²) < 4.78 is 10.4. The molecule has 0 unspecified atom stereocenters. The molecule has 0 radical (unpaired) electrons. The second-order valence-electron chi connectivity index (χ2n) is 6.04. The van der Waals surface area contributed by atoms with Gasteiger partial charge in [0.25, 0.3) is 5.91 Å². The van der Waals surface area contributed by atoms with Gasteiger partial charge in [-0.1, -0.05) is 5.16 Å². The molecular formula is C16H19N5O3. The highest BCUT2D eigenvalue weighted by Gasteiger charge is 2.26. The Morgan fingerprint density at radius 3 is 2.83 bits per heavy atom. The molecule has 1 saturated heterocycles. The van der Waals surface area contributed by atoms with E-state index in [1.54, 1.807) is 17.9 Å². The Labute approximate surface area is 139 Å². The van der Waals surface area contributed by atoms with Crippen LogP contribution < -0.4 is 4.90 Å². The summed E-state index contributed by atoms with van der Waals surface area (Å²) in [6.45, 7) is 5.85. The van der Waals surface area contributed by atoms with Crippen molar-refractivity contribution in [3.05, 3.63) is 35.0 Å². The molecule has 0 aliphatic carbocycles. The molecule has 0 saturated carbocycles. The van der Waals surface area contributed by atoms with Gasteiger partial charge in [-0.15, -0.1) is 0 Å². The van der Waals surface area contributed by atoms with E-state index < -0.39 is 0 Å². The molecule has 4 heterocycles. The summed E-state index contributed by atoms with van der Waals surface area (Å²) in [6.07, 6.45) is 2.64. The SMILES string of the molecule is Cc1cc(C(=O)N2CCc3cnc(N4CCOCC4)nc3C2)no1. The van der Waals surface area contributed by atoms with E-state index >= 15 is 0 Å². The minimum atomic E-state index is -0.121. The second kappa shape index (κ2) is 6.20. The summed E-state index contributed by atoms with van der Waals surface area (Å²) in [4.78, 5) is 25.6. The van der Waals surface area contributed by atoms with Gasteiger partial charge in [-0.05, 0) is 18.9 Å². The predicted octanol–water partition coefficient (Wildman–Crippen LogP) is 0.808. The maximum Gasteiger partial charge on any atom is 0.276 e. The predicted molar refractivity (Wildman–Crippen MR) is 84.7 cm³/mol. The molecule has 126 valence electrons. The highest BCUT2D eigenvalue weighted by atomic mass is 16.5. The number of aryl methyl sites for hydroxylation is 1. The number of carbonyl (C=O) groups excluding carboxylic acids is 1. The molecule has 1 amide bonds. The summed E-state index contributed by atoms with van der Waals surface area (Å²) in [7, 11) is 0. The highest BCUT2D eigenvalue weighted by Crippen LogP contribution is 2.21. The number of carbonyl (C=O) groups is 1. The minimum absolute atomic E-state index is 0.121. The third-order valence-corrected chi connectivity index (χ3v) is 4.36. The Hall–Kier alpha value is -2.48. The van der Waals surface area contributed by atoms with Crippen LogP contribution in [0.2, 0.25) is 0 Å². The summed E-state index contributed by atoms with van der Waals surface area (Å²) in [5, 5.41) is 3.82. The molecule has 24 heavy (non-hydrogen) atoms. The van der Waals surface area contributed by atoms with Crippen LogP contribution in [0.25, 0.3) is 0 Å². The Kier molecular flexibility index (Phi) is 3.89. The van der Waals surface area contributed by atoms with Crippen molar-refractivity contribution in [2.45, 2.75) is 19.9 Å². The standard InChI is InChI=1S/C16H19N5O3/c1-11-8-13(19-24-11)15(22)21-3-2-12-9-17-16(18-14(12)10-21)20-4-6-23-7-5-20/h8-9H,2-7,10H2,1H3. The van der Waals surface area contributed by atoms with E-state index in [4.69, 9.17) is 9.26 Å². The van der Waals surface area contributed by atoms with Crippen LogP contribution in [0.3, 0.4) is 0 Å². The normalized spacial score (nSPS) is 17.7. The number of aromatic nitrogens is 3. The van der Waals surface area contributed by atoms with E-state index in [0.717, 1.165) is 30.8 Å². The van der Waals surface area contributed by atoms with Gasteiger partial charge in [0, 0.05) is 31.9 Å². The molecule has 0 N–H and O–H groups in total. The van der Waals surface area contributed by atoms with Crippen LogP contribution in [0, 0.1) is 6.92 Å². The zero-order valence-electron chi connectivity index (χ0n) is 13.6. The van der Waals surface area contributed by atoms with Gasteiger partial charge < -0.3 is 19.1 Å². The maximum atomic E-state index is 12.5. The third kappa shape index (κ3) is 2.84. The molecule has 8 heteroatoms. The zero-order valence-corrected chi connectivity index (χ0v) is 13.6. The molecule has 2 aliphatic heterocycles.